The lowest BCUT2D eigenvalue weighted by molar-refractivity contribution is 0.442. The molecule has 4 heteroatoms. The summed E-state index contributed by atoms with van der Waals surface area (Å²) in [7, 11) is 0. The minimum atomic E-state index is 0.130. The molecule has 52 valence electrons. The van der Waals surface area contributed by atoms with Gasteiger partial charge in [-0.05, 0) is 12.2 Å². The summed E-state index contributed by atoms with van der Waals surface area (Å²) < 4.78 is 0. The predicted octanol–water partition coefficient (Wildman–Crippen LogP) is -0.469. The third-order valence-corrected chi connectivity index (χ3v) is 1.53. The van der Waals surface area contributed by atoms with Gasteiger partial charge in [-0.1, -0.05) is 6.08 Å². The topological polar surface area (TPSA) is 53.6 Å². The second-order valence-corrected chi connectivity index (χ2v) is 2.18. The molecule has 2 aliphatic rings. The number of hydrazone groups is 1. The predicted molar refractivity (Wildman–Crippen MR) is 38.7 cm³/mol. The lowest BCUT2D eigenvalue weighted by atomic mass is 10.3. The van der Waals surface area contributed by atoms with E-state index in [0.717, 1.165) is 0 Å². The van der Waals surface area contributed by atoms with Crippen molar-refractivity contribution in [2.45, 2.75) is 6.17 Å². The zero-order chi connectivity index (χ0) is 6.97. The molecular formula is C6H8N4. The average molecular weight is 136 g/mol. The molecule has 2 heterocycles. The Morgan fingerprint density at radius 1 is 1.60 bits per heavy atom. The average Bonchev–Trinajstić information content (AvgIpc) is 2.34. The van der Waals surface area contributed by atoms with Crippen LogP contribution in [-0.4, -0.2) is 17.0 Å². The maximum Gasteiger partial charge on any atom is 0.219 e. The largest absolute Gasteiger partial charge is 0.368 e. The van der Waals surface area contributed by atoms with E-state index in [1.807, 2.05) is 29.3 Å². The van der Waals surface area contributed by atoms with Crippen LogP contribution >= 0.6 is 0 Å². The SMILES string of the molecule is NC1=NN[C@@H]2C=CC=CN12. The van der Waals surface area contributed by atoms with E-state index in [0.29, 0.717) is 5.96 Å². The highest BCUT2D eigenvalue weighted by atomic mass is 15.5. The van der Waals surface area contributed by atoms with Gasteiger partial charge in [-0.25, -0.2) is 0 Å². The van der Waals surface area contributed by atoms with Gasteiger partial charge in [0.2, 0.25) is 5.96 Å². The van der Waals surface area contributed by atoms with Crippen LogP contribution in [0.25, 0.3) is 0 Å². The molecule has 0 unspecified atom stereocenters. The third kappa shape index (κ3) is 0.586. The molecule has 3 N–H and O–H groups in total. The van der Waals surface area contributed by atoms with Crippen molar-refractivity contribution in [3.8, 4) is 0 Å². The molecule has 4 nitrogen and oxygen atoms in total. The molecule has 0 amide bonds. The van der Waals surface area contributed by atoms with Gasteiger partial charge in [0, 0.05) is 6.20 Å². The fourth-order valence-electron chi connectivity index (χ4n) is 1.01. The zero-order valence-corrected chi connectivity index (χ0v) is 5.36. The Bertz CT molecular complexity index is 228. The van der Waals surface area contributed by atoms with Crippen molar-refractivity contribution in [3.05, 3.63) is 24.4 Å². The van der Waals surface area contributed by atoms with Crippen LogP contribution in [0.5, 0.6) is 0 Å². The van der Waals surface area contributed by atoms with E-state index in [1.165, 1.54) is 0 Å². The molecule has 0 fully saturated rings. The number of hydrogen-bond acceptors (Lipinski definition) is 4. The maximum absolute atomic E-state index is 5.52. The van der Waals surface area contributed by atoms with E-state index >= 15 is 0 Å². The summed E-state index contributed by atoms with van der Waals surface area (Å²) in [5.41, 5.74) is 8.38. The van der Waals surface area contributed by atoms with Crippen LogP contribution in [0.2, 0.25) is 0 Å². The van der Waals surface area contributed by atoms with Crippen molar-refractivity contribution >= 4 is 5.96 Å². The van der Waals surface area contributed by atoms with E-state index < -0.39 is 0 Å². The van der Waals surface area contributed by atoms with Crippen molar-refractivity contribution in [2.75, 3.05) is 0 Å². The smallest absolute Gasteiger partial charge is 0.219 e. The molecule has 0 aromatic heterocycles. The number of nitrogens with two attached hydrogens (primary N) is 1. The highest BCUT2D eigenvalue weighted by molar-refractivity contribution is 5.81. The monoisotopic (exact) mass is 136 g/mol. The van der Waals surface area contributed by atoms with E-state index in [4.69, 9.17) is 5.73 Å². The number of hydrogen-bond donors (Lipinski definition) is 2. The van der Waals surface area contributed by atoms with Crippen LogP contribution in [0.3, 0.4) is 0 Å². The molecule has 0 spiro atoms. The van der Waals surface area contributed by atoms with Crippen molar-refractivity contribution in [2.24, 2.45) is 10.8 Å². The van der Waals surface area contributed by atoms with Crippen molar-refractivity contribution < 1.29 is 0 Å². The van der Waals surface area contributed by atoms with Crippen molar-refractivity contribution in [3.63, 3.8) is 0 Å². The van der Waals surface area contributed by atoms with Crippen LogP contribution in [-0.2, 0) is 0 Å². The Hall–Kier alpha value is -1.45. The molecular weight excluding hydrogens is 128 g/mol. The molecule has 0 saturated carbocycles. The minimum absolute atomic E-state index is 0.130. The molecule has 0 saturated heterocycles. The molecule has 0 bridgehead atoms. The number of allylic oxidation sites excluding steroid dienone is 2. The van der Waals surface area contributed by atoms with E-state index in [2.05, 4.69) is 10.5 Å². The summed E-state index contributed by atoms with van der Waals surface area (Å²) in [4.78, 5) is 1.86. The Kier molecular flexibility index (Phi) is 0.943. The summed E-state index contributed by atoms with van der Waals surface area (Å²) in [5.74, 6) is 0.519. The Balaban J connectivity index is 2.27. The number of guanidine groups is 1. The Labute approximate surface area is 58.7 Å². The summed E-state index contributed by atoms with van der Waals surface area (Å²) in [6.45, 7) is 0. The zero-order valence-electron chi connectivity index (χ0n) is 5.36. The summed E-state index contributed by atoms with van der Waals surface area (Å²) >= 11 is 0. The summed E-state index contributed by atoms with van der Waals surface area (Å²) in [6.07, 6.45) is 7.89. The Morgan fingerprint density at radius 3 is 3.30 bits per heavy atom. The second kappa shape index (κ2) is 1.76. The van der Waals surface area contributed by atoms with E-state index in [1.54, 1.807) is 0 Å². The highest BCUT2D eigenvalue weighted by Crippen LogP contribution is 2.08. The standard InChI is InChI=1S/C6H8N4/c7-6-9-8-5-3-1-2-4-10(5)6/h1-5,8H,(H2,7,9)/t5-/m0/s1. The molecule has 0 aromatic carbocycles. The molecule has 2 aliphatic heterocycles. The van der Waals surface area contributed by atoms with Gasteiger partial charge in [-0.3, -0.25) is 10.3 Å². The normalized spacial score (nSPS) is 27.8. The first-order chi connectivity index (χ1) is 4.88. The van der Waals surface area contributed by atoms with E-state index in [9.17, 15) is 0 Å². The number of nitrogens with one attached hydrogen (secondary N) is 1. The minimum Gasteiger partial charge on any atom is -0.368 e. The quantitative estimate of drug-likeness (QED) is 0.473. The van der Waals surface area contributed by atoms with Crippen LogP contribution < -0.4 is 11.2 Å². The first kappa shape index (κ1) is 5.34. The van der Waals surface area contributed by atoms with Gasteiger partial charge in [0.15, 0.2) is 0 Å². The summed E-state index contributed by atoms with van der Waals surface area (Å²) in [6, 6.07) is 0. The molecule has 1 atom stereocenters. The van der Waals surface area contributed by atoms with Crippen LogP contribution in [0, 0.1) is 0 Å². The van der Waals surface area contributed by atoms with Gasteiger partial charge < -0.3 is 5.73 Å². The van der Waals surface area contributed by atoms with E-state index in [-0.39, 0.29) is 6.17 Å². The first-order valence-electron chi connectivity index (χ1n) is 3.10. The highest BCUT2D eigenvalue weighted by Gasteiger charge is 2.21. The van der Waals surface area contributed by atoms with Gasteiger partial charge in [-0.15, -0.1) is 5.10 Å². The third-order valence-electron chi connectivity index (χ3n) is 1.53. The van der Waals surface area contributed by atoms with Crippen LogP contribution in [0.4, 0.5) is 0 Å². The first-order valence-corrected chi connectivity index (χ1v) is 3.10. The molecule has 0 aromatic rings. The van der Waals surface area contributed by atoms with Gasteiger partial charge in [0.25, 0.3) is 0 Å². The van der Waals surface area contributed by atoms with Crippen molar-refractivity contribution in [1.29, 1.82) is 0 Å². The van der Waals surface area contributed by atoms with Gasteiger partial charge in [0.05, 0.1) is 0 Å². The number of nitrogens with zero attached hydrogens (tertiary/aromatic N) is 2. The number of fused-ring (bicyclic) bond motifs is 1. The van der Waals surface area contributed by atoms with Crippen molar-refractivity contribution in [1.82, 2.24) is 10.3 Å². The fraction of sp³-hybridized carbons (Fsp3) is 0.167. The lowest BCUT2D eigenvalue weighted by Gasteiger charge is -2.20. The van der Waals surface area contributed by atoms with Crippen LogP contribution in [0.15, 0.2) is 29.5 Å². The molecule has 0 radical (unpaired) electrons. The van der Waals surface area contributed by atoms with Gasteiger partial charge >= 0.3 is 0 Å². The van der Waals surface area contributed by atoms with Crippen LogP contribution in [0.1, 0.15) is 0 Å². The van der Waals surface area contributed by atoms with Gasteiger partial charge in [-0.2, -0.15) is 0 Å². The molecule has 0 aliphatic carbocycles. The number of rotatable bonds is 0. The second-order valence-electron chi connectivity index (χ2n) is 2.18. The lowest BCUT2D eigenvalue weighted by Crippen LogP contribution is -2.38. The maximum atomic E-state index is 5.52. The fourth-order valence-corrected chi connectivity index (χ4v) is 1.01. The Morgan fingerprint density at radius 2 is 2.50 bits per heavy atom. The molecule has 10 heavy (non-hydrogen) atoms. The summed E-state index contributed by atoms with van der Waals surface area (Å²) in [5, 5.41) is 3.85. The van der Waals surface area contributed by atoms with Gasteiger partial charge in [0.1, 0.15) is 6.17 Å². The molecule has 2 rings (SSSR count).